The third kappa shape index (κ3) is 2.63. The van der Waals surface area contributed by atoms with Crippen LogP contribution in [0.3, 0.4) is 0 Å². The van der Waals surface area contributed by atoms with Gasteiger partial charge in [0.15, 0.2) is 6.21 Å². The lowest BCUT2D eigenvalue weighted by molar-refractivity contribution is -0.355. The Morgan fingerprint density at radius 1 is 1.22 bits per heavy atom. The van der Waals surface area contributed by atoms with Gasteiger partial charge in [0.2, 0.25) is 5.69 Å². The Hall–Kier alpha value is -2.00. The zero-order valence-corrected chi connectivity index (χ0v) is 10.6. The van der Waals surface area contributed by atoms with Gasteiger partial charge < -0.3 is 10.3 Å². The predicted molar refractivity (Wildman–Crippen MR) is 72.7 cm³/mol. The fourth-order valence-electron chi connectivity index (χ4n) is 1.66. The molecule has 0 atom stereocenters. The standard InChI is InChI=1S/C14H12ClNO2/c1-10-8-12(17)6-7-14(10)16(18)9-11-4-2-3-5-13(11)15/h2-9,17H,1H3. The van der Waals surface area contributed by atoms with Crippen LogP contribution in [0.5, 0.6) is 5.75 Å². The minimum Gasteiger partial charge on any atom is -0.618 e. The predicted octanol–water partition coefficient (Wildman–Crippen LogP) is 3.61. The van der Waals surface area contributed by atoms with Gasteiger partial charge in [0.1, 0.15) is 5.75 Å². The van der Waals surface area contributed by atoms with Gasteiger partial charge in [-0.05, 0) is 31.2 Å². The van der Waals surface area contributed by atoms with Gasteiger partial charge in [0, 0.05) is 11.6 Å². The van der Waals surface area contributed by atoms with Crippen LogP contribution in [0.25, 0.3) is 0 Å². The second-order valence-electron chi connectivity index (χ2n) is 3.95. The highest BCUT2D eigenvalue weighted by molar-refractivity contribution is 6.32. The normalized spacial score (nSPS) is 11.6. The molecule has 0 aliphatic rings. The molecule has 2 aromatic carbocycles. The average Bonchev–Trinajstić information content (AvgIpc) is 2.32. The molecule has 0 saturated heterocycles. The van der Waals surface area contributed by atoms with E-state index in [0.717, 1.165) is 4.74 Å². The van der Waals surface area contributed by atoms with Gasteiger partial charge in [-0.25, -0.2) is 0 Å². The molecule has 0 amide bonds. The Bertz CT molecular complexity index is 608. The first kappa shape index (κ1) is 12.5. The van der Waals surface area contributed by atoms with Gasteiger partial charge in [0.05, 0.1) is 10.6 Å². The number of hydrogen-bond acceptors (Lipinski definition) is 2. The Morgan fingerprint density at radius 3 is 2.61 bits per heavy atom. The second-order valence-corrected chi connectivity index (χ2v) is 4.35. The monoisotopic (exact) mass is 261 g/mol. The summed E-state index contributed by atoms with van der Waals surface area (Å²) in [6, 6.07) is 11.7. The molecular weight excluding hydrogens is 250 g/mol. The van der Waals surface area contributed by atoms with Crippen molar-refractivity contribution in [1.82, 2.24) is 0 Å². The quantitative estimate of drug-likeness (QED) is 0.388. The lowest BCUT2D eigenvalue weighted by atomic mass is 10.2. The van der Waals surface area contributed by atoms with Crippen LogP contribution in [0.2, 0.25) is 5.02 Å². The Morgan fingerprint density at radius 2 is 1.94 bits per heavy atom. The van der Waals surface area contributed by atoms with Gasteiger partial charge in [-0.15, -0.1) is 0 Å². The Balaban J connectivity index is 2.42. The molecule has 1 N–H and O–H groups in total. The fourth-order valence-corrected chi connectivity index (χ4v) is 1.85. The molecule has 0 radical (unpaired) electrons. The fraction of sp³-hybridized carbons (Fsp3) is 0.0714. The molecule has 2 aromatic rings. The van der Waals surface area contributed by atoms with E-state index in [1.807, 2.05) is 6.07 Å². The second kappa shape index (κ2) is 5.10. The highest BCUT2D eigenvalue weighted by atomic mass is 35.5. The first-order valence-electron chi connectivity index (χ1n) is 5.43. The van der Waals surface area contributed by atoms with E-state index >= 15 is 0 Å². The van der Waals surface area contributed by atoms with E-state index in [9.17, 15) is 10.3 Å². The molecule has 0 saturated carbocycles. The number of rotatable bonds is 2. The maximum Gasteiger partial charge on any atom is 0.219 e. The summed E-state index contributed by atoms with van der Waals surface area (Å²) in [5.41, 5.74) is 1.84. The van der Waals surface area contributed by atoms with Crippen molar-refractivity contribution in [2.45, 2.75) is 6.92 Å². The molecule has 0 unspecified atom stereocenters. The highest BCUT2D eigenvalue weighted by Gasteiger charge is 2.08. The summed E-state index contributed by atoms with van der Waals surface area (Å²) in [7, 11) is 0. The highest BCUT2D eigenvalue weighted by Crippen LogP contribution is 2.22. The molecule has 0 aliphatic carbocycles. The lowest BCUT2D eigenvalue weighted by Gasteiger charge is -2.06. The summed E-state index contributed by atoms with van der Waals surface area (Å²) in [6.45, 7) is 1.76. The number of nitrogens with zero attached hydrogens (tertiary/aromatic N) is 1. The molecule has 2 rings (SSSR count). The first-order chi connectivity index (χ1) is 8.58. The lowest BCUT2D eigenvalue weighted by Crippen LogP contribution is -2.00. The van der Waals surface area contributed by atoms with E-state index in [1.54, 1.807) is 37.3 Å². The van der Waals surface area contributed by atoms with E-state index in [4.69, 9.17) is 11.6 Å². The molecule has 0 spiro atoms. The number of aromatic hydroxyl groups is 1. The van der Waals surface area contributed by atoms with Crippen molar-refractivity contribution in [3.8, 4) is 5.75 Å². The first-order valence-corrected chi connectivity index (χ1v) is 5.81. The van der Waals surface area contributed by atoms with Crippen LogP contribution in [0.4, 0.5) is 5.69 Å². The van der Waals surface area contributed by atoms with Crippen LogP contribution in [0, 0.1) is 12.1 Å². The minimum atomic E-state index is 0.141. The Labute approximate surface area is 110 Å². The van der Waals surface area contributed by atoms with Crippen molar-refractivity contribution in [3.63, 3.8) is 0 Å². The summed E-state index contributed by atoms with van der Waals surface area (Å²) in [4.78, 5) is 0. The molecule has 18 heavy (non-hydrogen) atoms. The summed E-state index contributed by atoms with van der Waals surface area (Å²) in [5, 5.41) is 21.8. The van der Waals surface area contributed by atoms with Gasteiger partial charge in [0.25, 0.3) is 0 Å². The van der Waals surface area contributed by atoms with Crippen molar-refractivity contribution in [3.05, 3.63) is 63.8 Å². The van der Waals surface area contributed by atoms with E-state index in [-0.39, 0.29) is 5.75 Å². The number of hydrogen-bond donors (Lipinski definition) is 1. The van der Waals surface area contributed by atoms with Crippen LogP contribution >= 0.6 is 11.6 Å². The van der Waals surface area contributed by atoms with Crippen LogP contribution < -0.4 is 0 Å². The third-order valence-electron chi connectivity index (χ3n) is 2.58. The number of phenols is 1. The van der Waals surface area contributed by atoms with E-state index in [2.05, 4.69) is 0 Å². The zero-order valence-electron chi connectivity index (χ0n) is 9.80. The largest absolute Gasteiger partial charge is 0.618 e. The molecule has 92 valence electrons. The van der Waals surface area contributed by atoms with Gasteiger partial charge >= 0.3 is 0 Å². The number of halogens is 1. The maximum atomic E-state index is 12.0. The van der Waals surface area contributed by atoms with Gasteiger partial charge in [-0.3, -0.25) is 0 Å². The minimum absolute atomic E-state index is 0.141. The molecule has 0 aliphatic heterocycles. The van der Waals surface area contributed by atoms with Gasteiger partial charge in [-0.2, -0.15) is 4.74 Å². The van der Waals surface area contributed by atoms with Crippen molar-refractivity contribution in [1.29, 1.82) is 0 Å². The van der Waals surface area contributed by atoms with Crippen molar-refractivity contribution < 1.29 is 9.85 Å². The summed E-state index contributed by atoms with van der Waals surface area (Å²) in [5.74, 6) is 0.141. The molecule has 4 heteroatoms. The smallest absolute Gasteiger partial charge is 0.219 e. The van der Waals surface area contributed by atoms with Crippen molar-refractivity contribution >= 4 is 23.5 Å². The SMILES string of the molecule is Cc1cc(O)ccc1[N+]([O-])=Cc1ccccc1Cl. The molecule has 0 bridgehead atoms. The Kier molecular flexibility index (Phi) is 3.53. The zero-order chi connectivity index (χ0) is 13.1. The molecule has 3 nitrogen and oxygen atoms in total. The van der Waals surface area contributed by atoms with E-state index in [0.29, 0.717) is 21.8 Å². The molecule has 0 fully saturated rings. The van der Waals surface area contributed by atoms with Crippen LogP contribution in [0.1, 0.15) is 11.1 Å². The van der Waals surface area contributed by atoms with E-state index in [1.165, 1.54) is 12.3 Å². The average molecular weight is 262 g/mol. The van der Waals surface area contributed by atoms with Crippen molar-refractivity contribution in [2.75, 3.05) is 0 Å². The molecule has 0 heterocycles. The van der Waals surface area contributed by atoms with E-state index < -0.39 is 0 Å². The van der Waals surface area contributed by atoms with Crippen LogP contribution in [0.15, 0.2) is 42.5 Å². The van der Waals surface area contributed by atoms with Crippen LogP contribution in [-0.2, 0) is 0 Å². The number of aryl methyl sites for hydroxylation is 1. The summed E-state index contributed by atoms with van der Waals surface area (Å²) >= 11 is 5.98. The van der Waals surface area contributed by atoms with Crippen LogP contribution in [-0.4, -0.2) is 16.1 Å². The summed E-state index contributed by atoms with van der Waals surface area (Å²) in [6.07, 6.45) is 1.42. The number of phenolic OH excluding ortho intramolecular Hbond substituents is 1. The number of benzene rings is 2. The topological polar surface area (TPSA) is 46.3 Å². The van der Waals surface area contributed by atoms with Gasteiger partial charge in [-0.1, -0.05) is 23.7 Å². The maximum absolute atomic E-state index is 12.0. The van der Waals surface area contributed by atoms with Crippen molar-refractivity contribution in [2.24, 2.45) is 0 Å². The third-order valence-corrected chi connectivity index (χ3v) is 2.92. The molecule has 0 aromatic heterocycles. The molecular formula is C14H12ClNO2. The summed E-state index contributed by atoms with van der Waals surface area (Å²) < 4.78 is 0.746.